The summed E-state index contributed by atoms with van der Waals surface area (Å²) in [6.45, 7) is 5.95. The number of aryl methyl sites for hydroxylation is 2. The number of benzene rings is 2. The van der Waals surface area contributed by atoms with E-state index in [4.69, 9.17) is 0 Å². The van der Waals surface area contributed by atoms with Crippen LogP contribution >= 0.6 is 0 Å². The second-order valence-electron chi connectivity index (χ2n) is 6.08. The first-order chi connectivity index (χ1) is 11.5. The molecule has 2 aromatic carbocycles. The lowest BCUT2D eigenvalue weighted by atomic mass is 10.0. The van der Waals surface area contributed by atoms with Crippen molar-refractivity contribution in [3.8, 4) is 5.69 Å². The SMILES string of the molecule is Cc1ccc(C)c(C(=O)N[C@@H](C)c2ccc(-n3ccnc3)cc2)c1. The summed E-state index contributed by atoms with van der Waals surface area (Å²) in [5.41, 5.74) is 4.92. The van der Waals surface area contributed by atoms with Crippen LogP contribution in [0.15, 0.2) is 61.2 Å². The Kier molecular flexibility index (Phi) is 4.47. The molecule has 1 atom stereocenters. The molecule has 1 heterocycles. The molecule has 3 aromatic rings. The van der Waals surface area contributed by atoms with E-state index in [1.54, 1.807) is 12.5 Å². The maximum Gasteiger partial charge on any atom is 0.252 e. The first-order valence-corrected chi connectivity index (χ1v) is 8.01. The number of nitrogens with one attached hydrogen (secondary N) is 1. The normalized spacial score (nSPS) is 12.0. The van der Waals surface area contributed by atoms with Crippen LogP contribution in [0.3, 0.4) is 0 Å². The fraction of sp³-hybridized carbons (Fsp3) is 0.200. The summed E-state index contributed by atoms with van der Waals surface area (Å²) in [6.07, 6.45) is 5.42. The Balaban J connectivity index is 1.73. The Bertz CT molecular complexity index is 836. The predicted octanol–water partition coefficient (Wildman–Crippen LogP) is 3.98. The topological polar surface area (TPSA) is 46.9 Å². The number of nitrogens with zero attached hydrogens (tertiary/aromatic N) is 2. The van der Waals surface area contributed by atoms with Crippen molar-refractivity contribution in [2.75, 3.05) is 0 Å². The predicted molar refractivity (Wildman–Crippen MR) is 95.4 cm³/mol. The van der Waals surface area contributed by atoms with Crippen LogP contribution in [0.2, 0.25) is 0 Å². The van der Waals surface area contributed by atoms with Crippen molar-refractivity contribution in [2.45, 2.75) is 26.8 Å². The summed E-state index contributed by atoms with van der Waals surface area (Å²) < 4.78 is 1.95. The van der Waals surface area contributed by atoms with E-state index in [2.05, 4.69) is 10.3 Å². The van der Waals surface area contributed by atoms with E-state index in [1.807, 2.05) is 74.0 Å². The Morgan fingerprint density at radius 1 is 1.12 bits per heavy atom. The minimum Gasteiger partial charge on any atom is -0.346 e. The average molecular weight is 319 g/mol. The number of carbonyl (C=O) groups is 1. The van der Waals surface area contributed by atoms with Crippen LogP contribution in [0.5, 0.6) is 0 Å². The minimum absolute atomic E-state index is 0.0395. The average Bonchev–Trinajstić information content (AvgIpc) is 3.11. The van der Waals surface area contributed by atoms with Crippen LogP contribution in [0.1, 0.15) is 40.0 Å². The molecule has 4 nitrogen and oxygen atoms in total. The molecule has 0 fully saturated rings. The smallest absolute Gasteiger partial charge is 0.252 e. The van der Waals surface area contributed by atoms with Gasteiger partial charge in [-0.3, -0.25) is 4.79 Å². The molecule has 0 saturated heterocycles. The molecule has 0 bridgehead atoms. The molecule has 0 aliphatic rings. The zero-order chi connectivity index (χ0) is 17.1. The summed E-state index contributed by atoms with van der Waals surface area (Å²) in [4.78, 5) is 16.6. The third kappa shape index (κ3) is 3.38. The summed E-state index contributed by atoms with van der Waals surface area (Å²) in [5.74, 6) is -0.0395. The Hall–Kier alpha value is -2.88. The molecule has 0 aliphatic heterocycles. The first-order valence-electron chi connectivity index (χ1n) is 8.01. The monoisotopic (exact) mass is 319 g/mol. The van der Waals surface area contributed by atoms with Crippen molar-refractivity contribution in [1.29, 1.82) is 0 Å². The number of rotatable bonds is 4. The number of hydrogen-bond donors (Lipinski definition) is 1. The van der Waals surface area contributed by atoms with Crippen LogP contribution in [0, 0.1) is 13.8 Å². The largest absolute Gasteiger partial charge is 0.346 e. The fourth-order valence-corrected chi connectivity index (χ4v) is 2.69. The zero-order valence-corrected chi connectivity index (χ0v) is 14.2. The van der Waals surface area contributed by atoms with Crippen molar-refractivity contribution in [1.82, 2.24) is 14.9 Å². The lowest BCUT2D eigenvalue weighted by molar-refractivity contribution is 0.0939. The summed E-state index contributed by atoms with van der Waals surface area (Å²) in [5, 5.41) is 3.08. The minimum atomic E-state index is -0.0609. The van der Waals surface area contributed by atoms with Gasteiger partial charge in [-0.15, -0.1) is 0 Å². The van der Waals surface area contributed by atoms with Crippen molar-refractivity contribution in [3.05, 3.63) is 83.4 Å². The van der Waals surface area contributed by atoms with E-state index in [-0.39, 0.29) is 11.9 Å². The number of amides is 1. The third-order valence-electron chi connectivity index (χ3n) is 4.18. The highest BCUT2D eigenvalue weighted by Crippen LogP contribution is 2.17. The molecule has 122 valence electrons. The number of carbonyl (C=O) groups excluding carboxylic acids is 1. The van der Waals surface area contributed by atoms with Gasteiger partial charge in [0.05, 0.1) is 12.4 Å². The van der Waals surface area contributed by atoms with E-state index in [1.165, 1.54) is 0 Å². The lowest BCUT2D eigenvalue weighted by Crippen LogP contribution is -2.27. The lowest BCUT2D eigenvalue weighted by Gasteiger charge is -2.16. The highest BCUT2D eigenvalue weighted by Gasteiger charge is 2.13. The van der Waals surface area contributed by atoms with Gasteiger partial charge in [0, 0.05) is 23.6 Å². The molecule has 0 spiro atoms. The molecule has 24 heavy (non-hydrogen) atoms. The molecule has 1 N–H and O–H groups in total. The van der Waals surface area contributed by atoms with E-state index >= 15 is 0 Å². The highest BCUT2D eigenvalue weighted by molar-refractivity contribution is 5.96. The quantitative estimate of drug-likeness (QED) is 0.790. The number of aromatic nitrogens is 2. The Morgan fingerprint density at radius 2 is 1.88 bits per heavy atom. The van der Waals surface area contributed by atoms with Gasteiger partial charge in [0.15, 0.2) is 0 Å². The first kappa shape index (κ1) is 16.0. The van der Waals surface area contributed by atoms with Crippen molar-refractivity contribution in [3.63, 3.8) is 0 Å². The number of hydrogen-bond acceptors (Lipinski definition) is 2. The van der Waals surface area contributed by atoms with Gasteiger partial charge < -0.3 is 9.88 Å². The van der Waals surface area contributed by atoms with E-state index in [0.717, 1.165) is 27.9 Å². The van der Waals surface area contributed by atoms with Crippen LogP contribution in [0.25, 0.3) is 5.69 Å². The molecular weight excluding hydrogens is 298 g/mol. The van der Waals surface area contributed by atoms with Gasteiger partial charge in [-0.2, -0.15) is 0 Å². The van der Waals surface area contributed by atoms with Gasteiger partial charge in [0.1, 0.15) is 0 Å². The van der Waals surface area contributed by atoms with Gasteiger partial charge in [0.25, 0.3) is 5.91 Å². The molecule has 0 unspecified atom stereocenters. The van der Waals surface area contributed by atoms with Gasteiger partial charge in [-0.05, 0) is 50.1 Å². The summed E-state index contributed by atoms with van der Waals surface area (Å²) >= 11 is 0. The molecule has 0 aliphatic carbocycles. The van der Waals surface area contributed by atoms with E-state index in [0.29, 0.717) is 0 Å². The molecule has 4 heteroatoms. The molecule has 1 aromatic heterocycles. The zero-order valence-electron chi connectivity index (χ0n) is 14.2. The van der Waals surface area contributed by atoms with Crippen molar-refractivity contribution < 1.29 is 4.79 Å². The van der Waals surface area contributed by atoms with Gasteiger partial charge in [-0.25, -0.2) is 4.98 Å². The molecule has 0 saturated carbocycles. The Morgan fingerprint density at radius 3 is 2.54 bits per heavy atom. The molecule has 1 amide bonds. The van der Waals surface area contributed by atoms with Crippen LogP contribution < -0.4 is 5.32 Å². The number of imidazole rings is 1. The fourth-order valence-electron chi connectivity index (χ4n) is 2.69. The maximum atomic E-state index is 12.5. The second-order valence-corrected chi connectivity index (χ2v) is 6.08. The van der Waals surface area contributed by atoms with Gasteiger partial charge >= 0.3 is 0 Å². The summed E-state index contributed by atoms with van der Waals surface area (Å²) in [7, 11) is 0. The van der Waals surface area contributed by atoms with E-state index in [9.17, 15) is 4.79 Å². The summed E-state index contributed by atoms with van der Waals surface area (Å²) in [6, 6.07) is 14.0. The standard InChI is InChI=1S/C20H21N3O/c1-14-4-5-15(2)19(12-14)20(24)22-16(3)17-6-8-18(9-7-17)23-11-10-21-13-23/h4-13,16H,1-3H3,(H,22,24)/t16-/m0/s1. The molecule has 3 rings (SSSR count). The van der Waals surface area contributed by atoms with Crippen LogP contribution in [-0.2, 0) is 0 Å². The Labute approximate surface area is 142 Å². The van der Waals surface area contributed by atoms with Crippen LogP contribution in [0.4, 0.5) is 0 Å². The highest BCUT2D eigenvalue weighted by atomic mass is 16.1. The third-order valence-corrected chi connectivity index (χ3v) is 4.18. The van der Waals surface area contributed by atoms with Crippen molar-refractivity contribution in [2.24, 2.45) is 0 Å². The van der Waals surface area contributed by atoms with Gasteiger partial charge in [0.2, 0.25) is 0 Å². The molecular formula is C20H21N3O. The van der Waals surface area contributed by atoms with E-state index < -0.39 is 0 Å². The van der Waals surface area contributed by atoms with Gasteiger partial charge in [-0.1, -0.05) is 29.8 Å². The van der Waals surface area contributed by atoms with Crippen LogP contribution in [-0.4, -0.2) is 15.5 Å². The maximum absolute atomic E-state index is 12.5. The van der Waals surface area contributed by atoms with Crippen molar-refractivity contribution >= 4 is 5.91 Å². The molecule has 0 radical (unpaired) electrons. The second kappa shape index (κ2) is 6.71.